The van der Waals surface area contributed by atoms with E-state index in [-0.39, 0.29) is 5.91 Å². The lowest BCUT2D eigenvalue weighted by Gasteiger charge is -2.05. The number of thioether (sulfide) groups is 1. The number of hydrogen-bond acceptors (Lipinski definition) is 5. The minimum absolute atomic E-state index is 0.0999. The van der Waals surface area contributed by atoms with E-state index in [0.717, 1.165) is 20.7 Å². The van der Waals surface area contributed by atoms with Gasteiger partial charge in [-0.2, -0.15) is 0 Å². The molecule has 0 unspecified atom stereocenters. The molecule has 1 N–H and O–H groups in total. The molecule has 4 rings (SSSR count). The normalized spacial score (nSPS) is 10.9. The fraction of sp³-hybridized carbons (Fsp3) is 0.0909. The predicted molar refractivity (Wildman–Crippen MR) is 125 cm³/mol. The van der Waals surface area contributed by atoms with E-state index in [1.54, 1.807) is 37.4 Å². The van der Waals surface area contributed by atoms with Crippen LogP contribution in [0.1, 0.15) is 0 Å². The number of fused-ring (bicyclic) bond motifs is 1. The number of amides is 1. The minimum Gasteiger partial charge on any atom is -0.496 e. The number of carbonyl (C=O) groups excluding carboxylic acids is 1. The smallest absolute Gasteiger partial charge is 0.234 e. The van der Waals surface area contributed by atoms with Gasteiger partial charge in [-0.15, -0.1) is 11.8 Å². The average Bonchev–Trinajstić information content (AvgIpc) is 3.17. The van der Waals surface area contributed by atoms with Crippen molar-refractivity contribution in [1.29, 1.82) is 0 Å². The molecule has 0 aliphatic rings. The van der Waals surface area contributed by atoms with Crippen LogP contribution in [-0.4, -0.2) is 23.8 Å². The molecule has 0 spiro atoms. The highest BCUT2D eigenvalue weighted by Crippen LogP contribution is 2.32. The molecule has 0 aliphatic heterocycles. The quantitative estimate of drug-likeness (QED) is 0.298. The second-order valence-electron chi connectivity index (χ2n) is 6.34. The molecule has 1 amide bonds. The van der Waals surface area contributed by atoms with Crippen molar-refractivity contribution in [2.45, 2.75) is 4.90 Å². The van der Waals surface area contributed by atoms with E-state index >= 15 is 0 Å². The molecule has 0 aliphatic carbocycles. The highest BCUT2D eigenvalue weighted by Gasteiger charge is 2.12. The second kappa shape index (κ2) is 9.12. The molecule has 4 aromatic rings. The SMILES string of the molecule is COc1ccc(-c2nc3cc(NC(=O)CSc4ccc(Cl)cc4)ccc3o2)cc1Br. The molecule has 0 radical (unpaired) electrons. The zero-order chi connectivity index (χ0) is 21.1. The molecule has 1 aromatic heterocycles. The number of halogens is 2. The third-order valence-corrected chi connectivity index (χ3v) is 6.14. The molecule has 1 heterocycles. The first kappa shape index (κ1) is 20.8. The van der Waals surface area contributed by atoms with E-state index in [4.69, 9.17) is 20.8 Å². The first-order valence-electron chi connectivity index (χ1n) is 8.94. The first-order chi connectivity index (χ1) is 14.5. The van der Waals surface area contributed by atoms with E-state index in [2.05, 4.69) is 26.2 Å². The van der Waals surface area contributed by atoms with Crippen molar-refractivity contribution < 1.29 is 13.9 Å². The van der Waals surface area contributed by atoms with Gasteiger partial charge in [-0.3, -0.25) is 4.79 Å². The summed E-state index contributed by atoms with van der Waals surface area (Å²) in [5.41, 5.74) is 2.80. The van der Waals surface area contributed by atoms with Crippen molar-refractivity contribution in [1.82, 2.24) is 4.98 Å². The molecule has 0 bridgehead atoms. The number of benzene rings is 3. The Morgan fingerprint density at radius 2 is 1.97 bits per heavy atom. The molecule has 0 fully saturated rings. The maximum atomic E-state index is 12.3. The largest absolute Gasteiger partial charge is 0.496 e. The van der Waals surface area contributed by atoms with Gasteiger partial charge in [0.1, 0.15) is 11.3 Å². The number of oxazole rings is 1. The fourth-order valence-corrected chi connectivity index (χ4v) is 4.17. The fourth-order valence-electron chi connectivity index (χ4n) is 2.80. The lowest BCUT2D eigenvalue weighted by atomic mass is 10.2. The number of methoxy groups -OCH3 is 1. The third kappa shape index (κ3) is 4.80. The molecule has 8 heteroatoms. The number of carbonyl (C=O) groups is 1. The molecule has 30 heavy (non-hydrogen) atoms. The summed E-state index contributed by atoms with van der Waals surface area (Å²) in [6, 6.07) is 18.4. The number of rotatable bonds is 6. The van der Waals surface area contributed by atoms with Gasteiger partial charge in [0, 0.05) is 21.2 Å². The summed E-state index contributed by atoms with van der Waals surface area (Å²) in [6.45, 7) is 0. The van der Waals surface area contributed by atoms with Crippen LogP contribution in [0, 0.1) is 0 Å². The molecule has 0 saturated carbocycles. The maximum Gasteiger partial charge on any atom is 0.234 e. The van der Waals surface area contributed by atoms with Crippen LogP contribution in [0.2, 0.25) is 5.02 Å². The van der Waals surface area contributed by atoms with Gasteiger partial charge in [-0.1, -0.05) is 11.6 Å². The van der Waals surface area contributed by atoms with Crippen LogP contribution in [0.5, 0.6) is 5.75 Å². The zero-order valence-electron chi connectivity index (χ0n) is 15.8. The lowest BCUT2D eigenvalue weighted by molar-refractivity contribution is -0.113. The van der Waals surface area contributed by atoms with Crippen LogP contribution in [0.3, 0.4) is 0 Å². The summed E-state index contributed by atoms with van der Waals surface area (Å²) in [7, 11) is 1.61. The van der Waals surface area contributed by atoms with Crippen molar-refractivity contribution >= 4 is 62.0 Å². The summed E-state index contributed by atoms with van der Waals surface area (Å²) in [4.78, 5) is 17.8. The van der Waals surface area contributed by atoms with Crippen molar-refractivity contribution in [3.05, 3.63) is 70.2 Å². The van der Waals surface area contributed by atoms with Gasteiger partial charge in [0.25, 0.3) is 0 Å². The summed E-state index contributed by atoms with van der Waals surface area (Å²) < 4.78 is 11.9. The molecule has 152 valence electrons. The third-order valence-electron chi connectivity index (χ3n) is 4.25. The van der Waals surface area contributed by atoms with Gasteiger partial charge in [-0.05, 0) is 76.6 Å². The first-order valence-corrected chi connectivity index (χ1v) is 11.1. The summed E-state index contributed by atoms with van der Waals surface area (Å²) in [5, 5.41) is 3.57. The standard InChI is InChI=1S/C22H16BrClN2O3S/c1-28-19-8-2-13(10-17(19)23)22-26-18-11-15(5-9-20(18)29-22)25-21(27)12-30-16-6-3-14(24)4-7-16/h2-11H,12H2,1H3,(H,25,27). The number of nitrogens with zero attached hydrogens (tertiary/aromatic N) is 1. The number of aromatic nitrogens is 1. The van der Waals surface area contributed by atoms with E-state index in [1.807, 2.05) is 30.3 Å². The van der Waals surface area contributed by atoms with Gasteiger partial charge in [0.05, 0.1) is 17.3 Å². The van der Waals surface area contributed by atoms with Crippen molar-refractivity contribution in [2.75, 3.05) is 18.2 Å². The van der Waals surface area contributed by atoms with Gasteiger partial charge in [0.2, 0.25) is 11.8 Å². The number of anilines is 1. The second-order valence-corrected chi connectivity index (χ2v) is 8.68. The van der Waals surface area contributed by atoms with Crippen molar-refractivity contribution in [3.8, 4) is 17.2 Å². The number of nitrogens with one attached hydrogen (secondary N) is 1. The molecular formula is C22H16BrClN2O3S. The monoisotopic (exact) mass is 502 g/mol. The summed E-state index contributed by atoms with van der Waals surface area (Å²) >= 11 is 10.8. The van der Waals surface area contributed by atoms with E-state index < -0.39 is 0 Å². The van der Waals surface area contributed by atoms with Crippen molar-refractivity contribution in [2.24, 2.45) is 0 Å². The summed E-state index contributed by atoms with van der Waals surface area (Å²) in [6.07, 6.45) is 0. The molecule has 5 nitrogen and oxygen atoms in total. The maximum absolute atomic E-state index is 12.3. The van der Waals surface area contributed by atoms with Gasteiger partial charge < -0.3 is 14.5 Å². The number of ether oxygens (including phenoxy) is 1. The number of hydrogen-bond donors (Lipinski definition) is 1. The zero-order valence-corrected chi connectivity index (χ0v) is 19.0. The summed E-state index contributed by atoms with van der Waals surface area (Å²) in [5.74, 6) is 1.42. The average molecular weight is 504 g/mol. The van der Waals surface area contributed by atoms with E-state index in [1.165, 1.54) is 11.8 Å². The predicted octanol–water partition coefficient (Wildman–Crippen LogP) is 6.65. The van der Waals surface area contributed by atoms with Crippen molar-refractivity contribution in [3.63, 3.8) is 0 Å². The van der Waals surface area contributed by atoms with E-state index in [9.17, 15) is 4.79 Å². The lowest BCUT2D eigenvalue weighted by Crippen LogP contribution is -2.13. The Morgan fingerprint density at radius 3 is 2.70 bits per heavy atom. The molecule has 0 atom stereocenters. The topological polar surface area (TPSA) is 64.4 Å². The molecular weight excluding hydrogens is 488 g/mol. The van der Waals surface area contributed by atoms with Crippen LogP contribution < -0.4 is 10.1 Å². The van der Waals surface area contributed by atoms with Gasteiger partial charge in [0.15, 0.2) is 5.58 Å². The Labute approximate surface area is 190 Å². The van der Waals surface area contributed by atoms with Gasteiger partial charge in [-0.25, -0.2) is 4.98 Å². The van der Waals surface area contributed by atoms with Crippen LogP contribution in [0.25, 0.3) is 22.6 Å². The highest BCUT2D eigenvalue weighted by atomic mass is 79.9. The van der Waals surface area contributed by atoms with Crippen LogP contribution in [-0.2, 0) is 4.79 Å². The van der Waals surface area contributed by atoms with Crippen LogP contribution in [0.4, 0.5) is 5.69 Å². The Morgan fingerprint density at radius 1 is 1.17 bits per heavy atom. The Bertz CT molecular complexity index is 1210. The van der Waals surface area contributed by atoms with Gasteiger partial charge >= 0.3 is 0 Å². The van der Waals surface area contributed by atoms with Crippen LogP contribution in [0.15, 0.2) is 74.4 Å². The molecule has 3 aromatic carbocycles. The minimum atomic E-state index is -0.0999. The Balaban J connectivity index is 1.46. The molecule has 0 saturated heterocycles. The Kier molecular flexibility index (Phi) is 6.32. The highest BCUT2D eigenvalue weighted by molar-refractivity contribution is 9.10. The Hall–Kier alpha value is -2.48. The van der Waals surface area contributed by atoms with Crippen LogP contribution >= 0.6 is 39.3 Å². The van der Waals surface area contributed by atoms with E-state index in [0.29, 0.717) is 33.5 Å².